The second-order valence-corrected chi connectivity index (χ2v) is 4.99. The molecule has 0 aliphatic heterocycles. The smallest absolute Gasteiger partial charge is 0.153 e. The standard InChI is InChI=1S/C11H19N3O/c1-7-3-8(2)5-9(4-7)10(15)11-12-6-13-14-11/h6-10,15H,3-5H2,1-2H3,(H,12,13,14). The third kappa shape index (κ3) is 2.37. The van der Waals surface area contributed by atoms with E-state index >= 15 is 0 Å². The molecule has 15 heavy (non-hydrogen) atoms. The largest absolute Gasteiger partial charge is 0.385 e. The van der Waals surface area contributed by atoms with Crippen molar-refractivity contribution in [3.8, 4) is 0 Å². The molecule has 0 amide bonds. The van der Waals surface area contributed by atoms with Crippen molar-refractivity contribution < 1.29 is 5.11 Å². The second-order valence-electron chi connectivity index (χ2n) is 4.99. The summed E-state index contributed by atoms with van der Waals surface area (Å²) < 4.78 is 0. The summed E-state index contributed by atoms with van der Waals surface area (Å²) in [7, 11) is 0. The summed E-state index contributed by atoms with van der Waals surface area (Å²) in [5.41, 5.74) is 0. The number of aromatic amines is 1. The Kier molecular flexibility index (Phi) is 3.05. The fourth-order valence-electron chi connectivity index (χ4n) is 2.85. The number of H-pyrrole nitrogens is 1. The molecule has 1 saturated carbocycles. The summed E-state index contributed by atoms with van der Waals surface area (Å²) in [5.74, 6) is 2.35. The van der Waals surface area contributed by atoms with Gasteiger partial charge in [-0.15, -0.1) is 0 Å². The van der Waals surface area contributed by atoms with Crippen LogP contribution < -0.4 is 0 Å². The molecule has 1 aliphatic rings. The molecule has 84 valence electrons. The molecule has 2 N–H and O–H groups in total. The highest BCUT2D eigenvalue weighted by Crippen LogP contribution is 2.38. The zero-order valence-electron chi connectivity index (χ0n) is 9.35. The molecule has 2 rings (SSSR count). The number of aromatic nitrogens is 3. The Morgan fingerprint density at radius 1 is 1.33 bits per heavy atom. The molecule has 0 spiro atoms. The topological polar surface area (TPSA) is 61.8 Å². The maximum atomic E-state index is 10.1. The van der Waals surface area contributed by atoms with Crippen molar-refractivity contribution in [3.05, 3.63) is 12.2 Å². The Morgan fingerprint density at radius 3 is 2.53 bits per heavy atom. The minimum absolute atomic E-state index is 0.330. The minimum Gasteiger partial charge on any atom is -0.385 e. The van der Waals surface area contributed by atoms with Gasteiger partial charge in [-0.05, 0) is 37.0 Å². The monoisotopic (exact) mass is 209 g/mol. The van der Waals surface area contributed by atoms with Gasteiger partial charge in [0.05, 0.1) is 0 Å². The number of aliphatic hydroxyl groups excluding tert-OH is 1. The fourth-order valence-corrected chi connectivity index (χ4v) is 2.85. The number of nitrogens with one attached hydrogen (secondary N) is 1. The van der Waals surface area contributed by atoms with Crippen LogP contribution in [0.5, 0.6) is 0 Å². The van der Waals surface area contributed by atoms with E-state index in [1.54, 1.807) is 0 Å². The van der Waals surface area contributed by atoms with Crippen LogP contribution in [0.2, 0.25) is 0 Å². The molecule has 0 saturated heterocycles. The second kappa shape index (κ2) is 4.31. The first kappa shape index (κ1) is 10.6. The third-order valence-corrected chi connectivity index (χ3v) is 3.38. The molecule has 4 heteroatoms. The lowest BCUT2D eigenvalue weighted by Crippen LogP contribution is -2.25. The summed E-state index contributed by atoms with van der Waals surface area (Å²) in [5, 5.41) is 16.7. The summed E-state index contributed by atoms with van der Waals surface area (Å²) >= 11 is 0. The van der Waals surface area contributed by atoms with Gasteiger partial charge in [0.1, 0.15) is 12.4 Å². The lowest BCUT2D eigenvalue weighted by Gasteiger charge is -2.33. The highest BCUT2D eigenvalue weighted by molar-refractivity contribution is 4.92. The Balaban J connectivity index is 2.03. The fraction of sp³-hybridized carbons (Fsp3) is 0.818. The maximum Gasteiger partial charge on any atom is 0.153 e. The molecular weight excluding hydrogens is 190 g/mol. The van der Waals surface area contributed by atoms with E-state index in [1.807, 2.05) is 0 Å². The Morgan fingerprint density at radius 2 is 2.00 bits per heavy atom. The van der Waals surface area contributed by atoms with Gasteiger partial charge >= 0.3 is 0 Å². The molecule has 1 aromatic rings. The quantitative estimate of drug-likeness (QED) is 0.782. The van der Waals surface area contributed by atoms with Crippen LogP contribution in [-0.2, 0) is 0 Å². The van der Waals surface area contributed by atoms with Gasteiger partial charge in [-0.2, -0.15) is 5.10 Å². The van der Waals surface area contributed by atoms with E-state index in [1.165, 1.54) is 12.7 Å². The number of hydrogen-bond donors (Lipinski definition) is 2. The Labute approximate surface area is 90.1 Å². The number of aliphatic hydroxyl groups is 1. The maximum absolute atomic E-state index is 10.1. The predicted octanol–water partition coefficient (Wildman–Crippen LogP) is 1.91. The third-order valence-electron chi connectivity index (χ3n) is 3.38. The summed E-state index contributed by atoms with van der Waals surface area (Å²) in [4.78, 5) is 4.02. The van der Waals surface area contributed by atoms with Gasteiger partial charge in [0.25, 0.3) is 0 Å². The minimum atomic E-state index is -0.474. The van der Waals surface area contributed by atoms with Crippen LogP contribution in [0.1, 0.15) is 45.0 Å². The molecule has 1 fully saturated rings. The van der Waals surface area contributed by atoms with Gasteiger partial charge in [0.2, 0.25) is 0 Å². The van der Waals surface area contributed by atoms with Gasteiger partial charge in [-0.3, -0.25) is 5.10 Å². The average molecular weight is 209 g/mol. The molecule has 1 heterocycles. The lowest BCUT2D eigenvalue weighted by atomic mass is 9.74. The van der Waals surface area contributed by atoms with Crippen molar-refractivity contribution in [3.63, 3.8) is 0 Å². The van der Waals surface area contributed by atoms with Crippen LogP contribution in [0.25, 0.3) is 0 Å². The average Bonchev–Trinajstić information content (AvgIpc) is 2.67. The molecule has 4 nitrogen and oxygen atoms in total. The van der Waals surface area contributed by atoms with Crippen LogP contribution in [0.4, 0.5) is 0 Å². The van der Waals surface area contributed by atoms with Gasteiger partial charge in [-0.25, -0.2) is 4.98 Å². The van der Waals surface area contributed by atoms with Crippen LogP contribution in [0.3, 0.4) is 0 Å². The van der Waals surface area contributed by atoms with Gasteiger partial charge in [0, 0.05) is 0 Å². The Bertz CT molecular complexity index is 289. The van der Waals surface area contributed by atoms with Crippen molar-refractivity contribution >= 4 is 0 Å². The van der Waals surface area contributed by atoms with Crippen molar-refractivity contribution in [2.24, 2.45) is 17.8 Å². The van der Waals surface area contributed by atoms with Crippen LogP contribution in [0, 0.1) is 17.8 Å². The molecule has 1 aromatic heterocycles. The number of nitrogens with zero attached hydrogens (tertiary/aromatic N) is 2. The lowest BCUT2D eigenvalue weighted by molar-refractivity contribution is 0.0492. The molecule has 0 aromatic carbocycles. The van der Waals surface area contributed by atoms with Crippen molar-refractivity contribution in [2.75, 3.05) is 0 Å². The van der Waals surface area contributed by atoms with Crippen molar-refractivity contribution in [1.29, 1.82) is 0 Å². The number of rotatable bonds is 2. The summed E-state index contributed by atoms with van der Waals surface area (Å²) in [6.45, 7) is 4.52. The van der Waals surface area contributed by atoms with Crippen molar-refractivity contribution in [1.82, 2.24) is 15.2 Å². The highest BCUT2D eigenvalue weighted by atomic mass is 16.3. The first-order chi connectivity index (χ1) is 7.16. The van der Waals surface area contributed by atoms with Crippen molar-refractivity contribution in [2.45, 2.75) is 39.2 Å². The predicted molar refractivity (Wildman–Crippen MR) is 57.0 cm³/mol. The first-order valence-corrected chi connectivity index (χ1v) is 5.70. The molecule has 0 radical (unpaired) electrons. The van der Waals surface area contributed by atoms with E-state index in [0.29, 0.717) is 23.6 Å². The zero-order valence-corrected chi connectivity index (χ0v) is 9.35. The highest BCUT2D eigenvalue weighted by Gasteiger charge is 2.30. The molecule has 1 aliphatic carbocycles. The van der Waals surface area contributed by atoms with Crippen LogP contribution >= 0.6 is 0 Å². The van der Waals surface area contributed by atoms with Crippen LogP contribution in [-0.4, -0.2) is 20.3 Å². The zero-order chi connectivity index (χ0) is 10.8. The summed E-state index contributed by atoms with van der Waals surface area (Å²) in [6.07, 6.45) is 4.43. The van der Waals surface area contributed by atoms with Gasteiger partial charge < -0.3 is 5.11 Å². The van der Waals surface area contributed by atoms with E-state index in [2.05, 4.69) is 29.0 Å². The van der Waals surface area contributed by atoms with Gasteiger partial charge in [0.15, 0.2) is 5.82 Å². The Hall–Kier alpha value is -0.900. The van der Waals surface area contributed by atoms with E-state index in [4.69, 9.17) is 0 Å². The van der Waals surface area contributed by atoms with Crippen LogP contribution in [0.15, 0.2) is 6.33 Å². The van der Waals surface area contributed by atoms with E-state index in [9.17, 15) is 5.11 Å². The van der Waals surface area contributed by atoms with E-state index in [0.717, 1.165) is 12.8 Å². The normalized spacial score (nSPS) is 33.9. The first-order valence-electron chi connectivity index (χ1n) is 5.70. The molecule has 0 bridgehead atoms. The SMILES string of the molecule is CC1CC(C)CC(C(O)c2ncn[nH]2)C1. The molecule has 3 atom stereocenters. The van der Waals surface area contributed by atoms with E-state index < -0.39 is 6.10 Å². The summed E-state index contributed by atoms with van der Waals surface area (Å²) in [6, 6.07) is 0. The molecular formula is C11H19N3O. The molecule has 3 unspecified atom stereocenters. The number of hydrogen-bond acceptors (Lipinski definition) is 3. The van der Waals surface area contributed by atoms with E-state index in [-0.39, 0.29) is 0 Å². The van der Waals surface area contributed by atoms with Gasteiger partial charge in [-0.1, -0.05) is 13.8 Å².